The van der Waals surface area contributed by atoms with Gasteiger partial charge in [0.05, 0.1) is 27.3 Å². The minimum atomic E-state index is -0.871. The molecule has 5 amide bonds. The number of quaternary nitrogens is 1. The van der Waals surface area contributed by atoms with Crippen molar-refractivity contribution in [3.8, 4) is 0 Å². The Bertz CT molecular complexity index is 1210. The lowest BCUT2D eigenvalue weighted by atomic mass is 10.1. The lowest BCUT2D eigenvalue weighted by Gasteiger charge is -2.34. The molecule has 0 aromatic rings. The molecule has 0 aromatic carbocycles. The highest BCUT2D eigenvalue weighted by atomic mass is 16.7. The van der Waals surface area contributed by atoms with E-state index in [0.717, 1.165) is 51.4 Å². The first kappa shape index (κ1) is 65.2. The lowest BCUT2D eigenvalue weighted by molar-refractivity contribution is -0.813. The van der Waals surface area contributed by atoms with Crippen LogP contribution in [0.4, 0.5) is 4.79 Å². The summed E-state index contributed by atoms with van der Waals surface area (Å²) in [5.74, 6) is -0.742. The molecule has 0 heterocycles. The molecule has 11 heteroatoms. The number of likely N-dealkylation sites (N-methyl/N-ethyl adjacent to an activating group) is 1. The summed E-state index contributed by atoms with van der Waals surface area (Å²) in [6.07, 6.45) is 47.1. The fourth-order valence-electron chi connectivity index (χ4n) is 8.19. The monoisotopic (exact) mass is 961 g/mol. The van der Waals surface area contributed by atoms with E-state index in [-0.39, 0.29) is 28.2 Å². The summed E-state index contributed by atoms with van der Waals surface area (Å²) in [5.41, 5.74) is 0. The van der Waals surface area contributed by atoms with Crippen LogP contribution < -0.4 is 16.0 Å². The van der Waals surface area contributed by atoms with E-state index < -0.39 is 5.79 Å². The van der Waals surface area contributed by atoms with Crippen molar-refractivity contribution < 1.29 is 33.1 Å². The lowest BCUT2D eigenvalue weighted by Crippen LogP contribution is -2.55. The molecular weight excluding hydrogens is 851 g/mol. The first-order valence-electron chi connectivity index (χ1n) is 28.4. The molecule has 0 atom stereocenters. The van der Waals surface area contributed by atoms with Crippen molar-refractivity contribution in [3.63, 3.8) is 0 Å². The SMILES string of the molecule is CCCCCCCCCC=CCCCCCCCC(=O)NCCCN(CCCNC(=O)CCCCCCCC=CCCCCCCCCC)C(=O)[N+](C)(C)CCOC(C)(C)OCCNC(=O)CC. The van der Waals surface area contributed by atoms with Crippen LogP contribution in [0, 0.1) is 0 Å². The molecule has 0 saturated heterocycles. The number of carbonyl (C=O) groups excluding carboxylic acids is 4. The number of hydrogen-bond donors (Lipinski definition) is 3. The molecule has 0 spiro atoms. The van der Waals surface area contributed by atoms with Crippen molar-refractivity contribution in [2.75, 3.05) is 66.6 Å². The van der Waals surface area contributed by atoms with Crippen LogP contribution in [0.25, 0.3) is 0 Å². The number of unbranched alkanes of at least 4 members (excludes halogenated alkanes) is 24. The number of rotatable bonds is 49. The summed E-state index contributed by atoms with van der Waals surface area (Å²) in [4.78, 5) is 52.8. The summed E-state index contributed by atoms with van der Waals surface area (Å²) < 4.78 is 12.0. The molecule has 0 rings (SSSR count). The maximum Gasteiger partial charge on any atom is 0.418 e. The van der Waals surface area contributed by atoms with Crippen molar-refractivity contribution in [1.29, 1.82) is 0 Å². The molecule has 68 heavy (non-hydrogen) atoms. The number of amides is 5. The second-order valence-corrected chi connectivity index (χ2v) is 20.3. The van der Waals surface area contributed by atoms with E-state index in [4.69, 9.17) is 9.47 Å². The predicted molar refractivity (Wildman–Crippen MR) is 287 cm³/mol. The van der Waals surface area contributed by atoms with Gasteiger partial charge in [0.15, 0.2) is 5.79 Å². The van der Waals surface area contributed by atoms with Gasteiger partial charge in [-0.05, 0) is 90.9 Å². The van der Waals surface area contributed by atoms with Crippen molar-refractivity contribution in [2.45, 2.75) is 252 Å². The van der Waals surface area contributed by atoms with E-state index in [0.29, 0.717) is 84.6 Å². The van der Waals surface area contributed by atoms with Crippen LogP contribution >= 0.6 is 0 Å². The summed E-state index contributed by atoms with van der Waals surface area (Å²) in [5, 5.41) is 8.96. The van der Waals surface area contributed by atoms with Gasteiger partial charge in [-0.3, -0.25) is 19.3 Å². The highest BCUT2D eigenvalue weighted by Crippen LogP contribution is 2.15. The van der Waals surface area contributed by atoms with Crippen molar-refractivity contribution in [2.24, 2.45) is 0 Å². The summed E-state index contributed by atoms with van der Waals surface area (Å²) in [6, 6.07) is -0.0282. The van der Waals surface area contributed by atoms with Crippen LogP contribution in [0.1, 0.15) is 247 Å². The first-order chi connectivity index (χ1) is 32.9. The Balaban J connectivity index is 4.64. The van der Waals surface area contributed by atoms with Gasteiger partial charge in [0.25, 0.3) is 0 Å². The number of nitrogens with zero attached hydrogens (tertiary/aromatic N) is 2. The van der Waals surface area contributed by atoms with Gasteiger partial charge in [0.2, 0.25) is 17.7 Å². The first-order valence-corrected chi connectivity index (χ1v) is 28.4. The number of nitrogens with one attached hydrogen (secondary N) is 3. The zero-order valence-electron chi connectivity index (χ0n) is 45.6. The molecule has 0 radical (unpaired) electrons. The van der Waals surface area contributed by atoms with Gasteiger partial charge in [-0.25, -0.2) is 9.28 Å². The van der Waals surface area contributed by atoms with Crippen LogP contribution in [0.5, 0.6) is 0 Å². The average Bonchev–Trinajstić information content (AvgIpc) is 3.31. The number of hydrogen-bond acceptors (Lipinski definition) is 6. The third-order valence-corrected chi connectivity index (χ3v) is 12.8. The fraction of sp³-hybridized carbons (Fsp3) is 0.860. The normalized spacial score (nSPS) is 12.0. The van der Waals surface area contributed by atoms with Gasteiger partial charge >= 0.3 is 6.03 Å². The summed E-state index contributed by atoms with van der Waals surface area (Å²) in [6.45, 7) is 13.5. The Morgan fingerprint density at radius 2 is 0.809 bits per heavy atom. The van der Waals surface area contributed by atoms with E-state index >= 15 is 0 Å². The van der Waals surface area contributed by atoms with Crippen molar-refractivity contribution >= 4 is 23.8 Å². The molecule has 0 aliphatic carbocycles. The third-order valence-electron chi connectivity index (χ3n) is 12.8. The smallest absolute Gasteiger partial charge is 0.356 e. The highest BCUT2D eigenvalue weighted by Gasteiger charge is 2.32. The Morgan fingerprint density at radius 1 is 0.456 bits per heavy atom. The molecule has 0 fully saturated rings. The fourth-order valence-corrected chi connectivity index (χ4v) is 8.19. The van der Waals surface area contributed by atoms with Crippen LogP contribution in [-0.2, 0) is 23.9 Å². The van der Waals surface area contributed by atoms with Crippen LogP contribution in [0.15, 0.2) is 24.3 Å². The van der Waals surface area contributed by atoms with Gasteiger partial charge in [-0.2, -0.15) is 0 Å². The molecule has 11 nitrogen and oxygen atoms in total. The average molecular weight is 962 g/mol. The summed E-state index contributed by atoms with van der Waals surface area (Å²) in [7, 11) is 3.78. The van der Waals surface area contributed by atoms with Gasteiger partial charge < -0.3 is 25.4 Å². The van der Waals surface area contributed by atoms with Crippen LogP contribution in [0.2, 0.25) is 0 Å². The van der Waals surface area contributed by atoms with Crippen LogP contribution in [0.3, 0.4) is 0 Å². The molecule has 0 unspecified atom stereocenters. The second-order valence-electron chi connectivity index (χ2n) is 20.3. The summed E-state index contributed by atoms with van der Waals surface area (Å²) >= 11 is 0. The van der Waals surface area contributed by atoms with Gasteiger partial charge in [-0.15, -0.1) is 0 Å². The maximum atomic E-state index is 14.0. The van der Waals surface area contributed by atoms with Gasteiger partial charge in [0, 0.05) is 52.0 Å². The van der Waals surface area contributed by atoms with Crippen molar-refractivity contribution in [3.05, 3.63) is 24.3 Å². The Labute approximate surface area is 419 Å². The number of carbonyl (C=O) groups is 4. The zero-order chi connectivity index (χ0) is 50.2. The molecule has 0 saturated carbocycles. The molecule has 0 bridgehead atoms. The Kier molecular flexibility index (Phi) is 44.7. The highest BCUT2D eigenvalue weighted by molar-refractivity contribution is 5.76. The predicted octanol–water partition coefficient (Wildman–Crippen LogP) is 13.6. The number of ether oxygens (including phenoxy) is 2. The zero-order valence-corrected chi connectivity index (χ0v) is 45.6. The van der Waals surface area contributed by atoms with Gasteiger partial charge in [-0.1, -0.05) is 161 Å². The second kappa shape index (κ2) is 46.6. The third kappa shape index (κ3) is 43.3. The number of urea groups is 1. The standard InChI is InChI=1S/C57H109N5O6/c1-8-11-13-15-17-19-21-23-25-27-29-31-33-35-37-39-43-54(64)58-45-41-48-61(56(66)62(6,7)50-52-68-57(4,5)67-51-47-60-53(63)10-3)49-42-46-59-55(65)44-40-38-36-34-32-30-28-26-24-22-20-18-16-14-12-9-2/h25-28H,8-24,29-52H2,1-7H3,(H2-,58,59,60,63,64,65)/p+1. The Morgan fingerprint density at radius 3 is 1.21 bits per heavy atom. The van der Waals surface area contributed by atoms with E-state index in [9.17, 15) is 19.2 Å². The molecule has 3 N–H and O–H groups in total. The van der Waals surface area contributed by atoms with Gasteiger partial charge in [0.1, 0.15) is 6.54 Å². The van der Waals surface area contributed by atoms with E-state index in [1.54, 1.807) is 0 Å². The molecule has 0 aliphatic rings. The topological polar surface area (TPSA) is 126 Å². The Hall–Kier alpha value is -2.76. The molecule has 0 aliphatic heterocycles. The van der Waals surface area contributed by atoms with Crippen molar-refractivity contribution in [1.82, 2.24) is 20.9 Å². The largest absolute Gasteiger partial charge is 0.418 e. The molecule has 0 aromatic heterocycles. The number of allylic oxidation sites excluding steroid dienone is 4. The molecular formula is C57H110N5O6+. The van der Waals surface area contributed by atoms with E-state index in [1.165, 1.54) is 128 Å². The quantitative estimate of drug-likeness (QED) is 0.0241. The minimum Gasteiger partial charge on any atom is -0.356 e. The maximum absolute atomic E-state index is 14.0. The minimum absolute atomic E-state index is 0.0213. The van der Waals surface area contributed by atoms with Crippen LogP contribution in [-0.4, -0.2) is 106 Å². The van der Waals surface area contributed by atoms with E-state index in [1.807, 2.05) is 39.8 Å². The van der Waals surface area contributed by atoms with E-state index in [2.05, 4.69) is 54.1 Å². The molecule has 398 valence electrons.